The average Bonchev–Trinajstić information content (AvgIpc) is 2.59. The van der Waals surface area contributed by atoms with Crippen molar-refractivity contribution in [1.29, 1.82) is 0 Å². The fraction of sp³-hybridized carbons (Fsp3) is 0.538. The van der Waals surface area contributed by atoms with Gasteiger partial charge >= 0.3 is 0 Å². The summed E-state index contributed by atoms with van der Waals surface area (Å²) in [6.07, 6.45) is 0.844. The highest BCUT2D eigenvalue weighted by molar-refractivity contribution is 5.54. The van der Waals surface area contributed by atoms with Crippen LogP contribution in [0.15, 0.2) is 6.07 Å². The minimum absolute atomic E-state index is 0.203. The van der Waals surface area contributed by atoms with Crippen LogP contribution < -0.4 is 15.2 Å². The lowest BCUT2D eigenvalue weighted by Crippen LogP contribution is -2.34. The molecule has 1 heterocycles. The van der Waals surface area contributed by atoms with E-state index in [4.69, 9.17) is 15.2 Å². The van der Waals surface area contributed by atoms with Gasteiger partial charge in [0.15, 0.2) is 11.5 Å². The third-order valence-electron chi connectivity index (χ3n) is 2.98. The molecular weight excluding hydrogens is 202 g/mol. The fourth-order valence-electron chi connectivity index (χ4n) is 2.04. The standard InChI is InChI=1S/C13H19NO2/c1-8-9(2)12-11(15-7-16-12)5-10(8)6-13(3,4)14/h5H,6-7,14H2,1-4H3. The first kappa shape index (κ1) is 11.3. The average molecular weight is 221 g/mol. The molecule has 0 aromatic heterocycles. The summed E-state index contributed by atoms with van der Waals surface area (Å²) in [5.74, 6) is 1.73. The van der Waals surface area contributed by atoms with Crippen LogP contribution in [0.3, 0.4) is 0 Å². The van der Waals surface area contributed by atoms with E-state index < -0.39 is 0 Å². The highest BCUT2D eigenvalue weighted by atomic mass is 16.7. The molecule has 3 nitrogen and oxygen atoms in total. The van der Waals surface area contributed by atoms with Crippen molar-refractivity contribution in [2.45, 2.75) is 39.7 Å². The van der Waals surface area contributed by atoms with Crippen molar-refractivity contribution < 1.29 is 9.47 Å². The normalized spacial score (nSPS) is 14.3. The molecule has 0 atom stereocenters. The molecule has 0 saturated carbocycles. The van der Waals surface area contributed by atoms with Gasteiger partial charge in [-0.15, -0.1) is 0 Å². The molecule has 16 heavy (non-hydrogen) atoms. The molecule has 2 rings (SSSR count). The van der Waals surface area contributed by atoms with E-state index in [1.54, 1.807) is 0 Å². The molecule has 88 valence electrons. The molecule has 1 aromatic carbocycles. The number of ether oxygens (including phenoxy) is 2. The Morgan fingerprint density at radius 1 is 1.25 bits per heavy atom. The lowest BCUT2D eigenvalue weighted by Gasteiger charge is -2.21. The monoisotopic (exact) mass is 221 g/mol. The van der Waals surface area contributed by atoms with E-state index in [1.807, 2.05) is 13.8 Å². The Balaban J connectivity index is 2.44. The van der Waals surface area contributed by atoms with Crippen molar-refractivity contribution in [2.75, 3.05) is 6.79 Å². The molecule has 2 N–H and O–H groups in total. The number of benzene rings is 1. The predicted molar refractivity (Wildman–Crippen MR) is 64.0 cm³/mol. The molecule has 0 unspecified atom stereocenters. The lowest BCUT2D eigenvalue weighted by molar-refractivity contribution is 0.173. The van der Waals surface area contributed by atoms with Crippen molar-refractivity contribution in [3.05, 3.63) is 22.8 Å². The topological polar surface area (TPSA) is 44.5 Å². The zero-order valence-electron chi connectivity index (χ0n) is 10.4. The molecule has 0 amide bonds. The Morgan fingerprint density at radius 3 is 2.56 bits per heavy atom. The Bertz CT molecular complexity index is 419. The van der Waals surface area contributed by atoms with Crippen LogP contribution in [0.5, 0.6) is 11.5 Å². The number of nitrogens with two attached hydrogens (primary N) is 1. The van der Waals surface area contributed by atoms with Gasteiger partial charge in [0.25, 0.3) is 0 Å². The van der Waals surface area contributed by atoms with E-state index in [1.165, 1.54) is 11.1 Å². The van der Waals surface area contributed by atoms with Gasteiger partial charge in [-0.3, -0.25) is 0 Å². The van der Waals surface area contributed by atoms with Gasteiger partial charge in [-0.25, -0.2) is 0 Å². The van der Waals surface area contributed by atoms with E-state index in [9.17, 15) is 0 Å². The zero-order chi connectivity index (χ0) is 11.9. The summed E-state index contributed by atoms with van der Waals surface area (Å²) in [6, 6.07) is 2.05. The van der Waals surface area contributed by atoms with Gasteiger partial charge in [-0.2, -0.15) is 0 Å². The van der Waals surface area contributed by atoms with Crippen LogP contribution in [0.1, 0.15) is 30.5 Å². The summed E-state index contributed by atoms with van der Waals surface area (Å²) < 4.78 is 10.9. The van der Waals surface area contributed by atoms with Crippen molar-refractivity contribution in [3.63, 3.8) is 0 Å². The quantitative estimate of drug-likeness (QED) is 0.833. The molecule has 0 bridgehead atoms. The highest BCUT2D eigenvalue weighted by Crippen LogP contribution is 2.39. The van der Waals surface area contributed by atoms with Crippen LogP contribution in [-0.2, 0) is 6.42 Å². The Kier molecular flexibility index (Phi) is 2.58. The van der Waals surface area contributed by atoms with E-state index >= 15 is 0 Å². The smallest absolute Gasteiger partial charge is 0.231 e. The Morgan fingerprint density at radius 2 is 1.94 bits per heavy atom. The van der Waals surface area contributed by atoms with Crippen molar-refractivity contribution >= 4 is 0 Å². The van der Waals surface area contributed by atoms with Crippen LogP contribution in [0.4, 0.5) is 0 Å². The number of hydrogen-bond acceptors (Lipinski definition) is 3. The van der Waals surface area contributed by atoms with Crippen LogP contribution in [-0.4, -0.2) is 12.3 Å². The van der Waals surface area contributed by atoms with Crippen LogP contribution in [0.2, 0.25) is 0 Å². The maximum atomic E-state index is 6.06. The van der Waals surface area contributed by atoms with E-state index in [0.29, 0.717) is 6.79 Å². The lowest BCUT2D eigenvalue weighted by atomic mass is 9.91. The third-order valence-corrected chi connectivity index (χ3v) is 2.98. The molecule has 0 radical (unpaired) electrons. The third kappa shape index (κ3) is 2.00. The van der Waals surface area contributed by atoms with Gasteiger partial charge in [-0.05, 0) is 56.9 Å². The minimum Gasteiger partial charge on any atom is -0.454 e. The first-order valence-corrected chi connectivity index (χ1v) is 5.56. The summed E-state index contributed by atoms with van der Waals surface area (Å²) in [7, 11) is 0. The van der Waals surface area contributed by atoms with Gasteiger partial charge < -0.3 is 15.2 Å². The zero-order valence-corrected chi connectivity index (χ0v) is 10.4. The summed E-state index contributed by atoms with van der Waals surface area (Å²) in [4.78, 5) is 0. The Hall–Kier alpha value is -1.22. The maximum absolute atomic E-state index is 6.06. The SMILES string of the molecule is Cc1c(CC(C)(C)N)cc2c(c1C)OCO2. The highest BCUT2D eigenvalue weighted by Gasteiger charge is 2.22. The largest absolute Gasteiger partial charge is 0.454 e. The van der Waals surface area contributed by atoms with Crippen LogP contribution in [0.25, 0.3) is 0 Å². The van der Waals surface area contributed by atoms with Crippen LogP contribution >= 0.6 is 0 Å². The first-order chi connectivity index (χ1) is 7.38. The van der Waals surface area contributed by atoms with E-state index in [0.717, 1.165) is 23.5 Å². The second kappa shape index (κ2) is 3.67. The van der Waals surface area contributed by atoms with Gasteiger partial charge in [0.2, 0.25) is 6.79 Å². The second-order valence-corrected chi connectivity index (χ2v) is 5.18. The van der Waals surface area contributed by atoms with Gasteiger partial charge in [-0.1, -0.05) is 0 Å². The van der Waals surface area contributed by atoms with Gasteiger partial charge in [0.1, 0.15) is 0 Å². The molecule has 0 spiro atoms. The fourth-order valence-corrected chi connectivity index (χ4v) is 2.04. The molecule has 1 aliphatic heterocycles. The molecular formula is C13H19NO2. The van der Waals surface area contributed by atoms with Crippen molar-refractivity contribution in [1.82, 2.24) is 0 Å². The summed E-state index contributed by atoms with van der Waals surface area (Å²) in [6.45, 7) is 8.57. The summed E-state index contributed by atoms with van der Waals surface area (Å²) in [5, 5.41) is 0. The minimum atomic E-state index is -0.203. The second-order valence-electron chi connectivity index (χ2n) is 5.18. The first-order valence-electron chi connectivity index (χ1n) is 5.56. The van der Waals surface area contributed by atoms with E-state index in [-0.39, 0.29) is 5.54 Å². The van der Waals surface area contributed by atoms with Crippen molar-refractivity contribution in [2.24, 2.45) is 5.73 Å². The molecule has 1 aromatic rings. The predicted octanol–water partition coefficient (Wildman–Crippen LogP) is 2.31. The number of fused-ring (bicyclic) bond motifs is 1. The van der Waals surface area contributed by atoms with Crippen molar-refractivity contribution in [3.8, 4) is 11.5 Å². The van der Waals surface area contributed by atoms with Gasteiger partial charge in [0, 0.05) is 5.54 Å². The maximum Gasteiger partial charge on any atom is 0.231 e. The molecule has 0 saturated heterocycles. The number of rotatable bonds is 2. The number of hydrogen-bond donors (Lipinski definition) is 1. The van der Waals surface area contributed by atoms with Gasteiger partial charge in [0.05, 0.1) is 0 Å². The molecule has 3 heteroatoms. The summed E-state index contributed by atoms with van der Waals surface area (Å²) in [5.41, 5.74) is 9.51. The molecule has 0 fully saturated rings. The van der Waals surface area contributed by atoms with E-state index in [2.05, 4.69) is 19.9 Å². The Labute approximate surface area is 96.5 Å². The summed E-state index contributed by atoms with van der Waals surface area (Å²) >= 11 is 0. The molecule has 1 aliphatic rings. The van der Waals surface area contributed by atoms with Crippen LogP contribution in [0, 0.1) is 13.8 Å². The molecule has 0 aliphatic carbocycles.